The Bertz CT molecular complexity index is 1360. The molecule has 0 aromatic heterocycles. The molecule has 3 aromatic rings. The van der Waals surface area contributed by atoms with Gasteiger partial charge in [0.1, 0.15) is 18.5 Å². The molecule has 8 nitrogen and oxygen atoms in total. The molecule has 5 rings (SSSR count). The molecule has 2 heterocycles. The third-order valence-corrected chi connectivity index (χ3v) is 7.79. The number of halogens is 1. The minimum absolute atomic E-state index is 0.113. The molecule has 3 aromatic carbocycles. The summed E-state index contributed by atoms with van der Waals surface area (Å²) in [5.41, 5.74) is 1.21. The number of ether oxygens (including phenoxy) is 3. The number of fused-ring (bicyclic) bond motifs is 2. The van der Waals surface area contributed by atoms with Crippen LogP contribution in [0.5, 0.6) is 17.2 Å². The van der Waals surface area contributed by atoms with Crippen LogP contribution in [0.15, 0.2) is 71.6 Å². The molecule has 0 fully saturated rings. The number of para-hydroxylation sites is 2. The molecule has 10 heteroatoms. The van der Waals surface area contributed by atoms with Crippen molar-refractivity contribution in [2.45, 2.75) is 24.0 Å². The fourth-order valence-corrected chi connectivity index (χ4v) is 5.55. The second-order valence-corrected chi connectivity index (χ2v) is 10.6. The number of sulfonamides is 1. The predicted octanol–water partition coefficient (Wildman–Crippen LogP) is 3.56. The molecule has 0 saturated heterocycles. The van der Waals surface area contributed by atoms with Gasteiger partial charge in [0.15, 0.2) is 17.6 Å². The van der Waals surface area contributed by atoms with E-state index in [0.717, 1.165) is 5.56 Å². The number of rotatable bonds is 5. The number of amides is 1. The highest BCUT2D eigenvalue weighted by molar-refractivity contribution is 7.92. The fraction of sp³-hybridized carbons (Fsp3) is 0.240. The van der Waals surface area contributed by atoms with Gasteiger partial charge in [0.2, 0.25) is 0 Å². The highest BCUT2D eigenvalue weighted by atomic mass is 35.5. The van der Waals surface area contributed by atoms with Gasteiger partial charge in [0.25, 0.3) is 15.9 Å². The summed E-state index contributed by atoms with van der Waals surface area (Å²) in [4.78, 5) is 13.1. The van der Waals surface area contributed by atoms with Crippen molar-refractivity contribution < 1.29 is 27.4 Å². The summed E-state index contributed by atoms with van der Waals surface area (Å²) >= 11 is 6.15. The monoisotopic (exact) mass is 514 g/mol. The van der Waals surface area contributed by atoms with Crippen molar-refractivity contribution in [1.29, 1.82) is 0 Å². The normalized spacial score (nSPS) is 18.9. The van der Waals surface area contributed by atoms with Crippen LogP contribution in [0.1, 0.15) is 5.56 Å². The van der Waals surface area contributed by atoms with Crippen LogP contribution < -0.4 is 23.8 Å². The maximum Gasteiger partial charge on any atom is 0.264 e. The molecule has 0 spiro atoms. The van der Waals surface area contributed by atoms with Crippen LogP contribution >= 0.6 is 11.6 Å². The minimum Gasteiger partial charge on any atom is -0.486 e. The Hall–Kier alpha value is -3.43. The van der Waals surface area contributed by atoms with Crippen molar-refractivity contribution in [1.82, 2.24) is 5.32 Å². The minimum atomic E-state index is -3.97. The summed E-state index contributed by atoms with van der Waals surface area (Å²) in [6.07, 6.45) is -1.46. The lowest BCUT2D eigenvalue weighted by molar-refractivity contribution is -0.128. The molecule has 0 radical (unpaired) electrons. The van der Waals surface area contributed by atoms with Crippen molar-refractivity contribution in [2.75, 3.05) is 24.0 Å². The average molecular weight is 515 g/mol. The van der Waals surface area contributed by atoms with Gasteiger partial charge in [-0.3, -0.25) is 9.10 Å². The Kier molecular flexibility index (Phi) is 6.21. The van der Waals surface area contributed by atoms with Crippen LogP contribution in [-0.2, 0) is 14.8 Å². The van der Waals surface area contributed by atoms with E-state index >= 15 is 0 Å². The quantitative estimate of drug-likeness (QED) is 0.559. The lowest BCUT2D eigenvalue weighted by atomic mass is 10.2. The zero-order valence-corrected chi connectivity index (χ0v) is 20.4. The summed E-state index contributed by atoms with van der Waals surface area (Å²) in [5.74, 6) is 1.05. The summed E-state index contributed by atoms with van der Waals surface area (Å²) < 4.78 is 45.7. The third kappa shape index (κ3) is 4.74. The van der Waals surface area contributed by atoms with Crippen molar-refractivity contribution in [2.24, 2.45) is 0 Å². The first-order valence-corrected chi connectivity index (χ1v) is 12.8. The van der Waals surface area contributed by atoms with E-state index in [1.54, 1.807) is 30.3 Å². The highest BCUT2D eigenvalue weighted by Crippen LogP contribution is 2.39. The Morgan fingerprint density at radius 2 is 1.77 bits per heavy atom. The molecule has 0 aliphatic carbocycles. The zero-order valence-electron chi connectivity index (χ0n) is 18.8. The largest absolute Gasteiger partial charge is 0.486 e. The second kappa shape index (κ2) is 9.31. The van der Waals surface area contributed by atoms with Gasteiger partial charge < -0.3 is 19.5 Å². The fourth-order valence-electron chi connectivity index (χ4n) is 3.92. The van der Waals surface area contributed by atoms with Crippen molar-refractivity contribution in [3.05, 3.63) is 77.3 Å². The maximum atomic E-state index is 13.5. The van der Waals surface area contributed by atoms with Crippen LogP contribution in [0.3, 0.4) is 0 Å². The number of carbonyl (C=O) groups excluding carboxylic acids is 1. The van der Waals surface area contributed by atoms with Gasteiger partial charge >= 0.3 is 0 Å². The Balaban J connectivity index is 1.34. The molecular weight excluding hydrogens is 492 g/mol. The molecule has 2 aliphatic heterocycles. The van der Waals surface area contributed by atoms with Gasteiger partial charge in [-0.1, -0.05) is 41.4 Å². The highest BCUT2D eigenvalue weighted by Gasteiger charge is 2.38. The number of aryl methyl sites for hydroxylation is 1. The van der Waals surface area contributed by atoms with E-state index in [9.17, 15) is 13.2 Å². The van der Waals surface area contributed by atoms with Gasteiger partial charge in [0.05, 0.1) is 23.7 Å². The van der Waals surface area contributed by atoms with Crippen molar-refractivity contribution in [3.63, 3.8) is 0 Å². The van der Waals surface area contributed by atoms with E-state index in [0.29, 0.717) is 16.5 Å². The molecular formula is C25H23ClN2O6S. The average Bonchev–Trinajstić information content (AvgIpc) is 2.86. The summed E-state index contributed by atoms with van der Waals surface area (Å²) in [6.45, 7) is 2.11. The standard InChI is InChI=1S/C25H23ClN2O6S/c1-16-6-9-19(10-7-16)35(30,31)28-14-24(34-21-11-8-17(26)12-20(21)28)25(29)27-13-18-15-32-22-4-2-3-5-23(22)33-18/h2-12,18,24H,13-15H2,1H3,(H,27,29). The van der Waals surface area contributed by atoms with Crippen LogP contribution in [0, 0.1) is 6.92 Å². The molecule has 1 N–H and O–H groups in total. The van der Waals surface area contributed by atoms with Gasteiger partial charge in [-0.15, -0.1) is 0 Å². The molecule has 0 saturated carbocycles. The Labute approximate surface area is 208 Å². The van der Waals surface area contributed by atoms with E-state index in [2.05, 4.69) is 5.32 Å². The van der Waals surface area contributed by atoms with Gasteiger partial charge in [-0.05, 0) is 49.4 Å². The van der Waals surface area contributed by atoms with Gasteiger partial charge in [-0.25, -0.2) is 8.42 Å². The molecule has 2 unspecified atom stereocenters. The van der Waals surface area contributed by atoms with Crippen LogP contribution in [0.2, 0.25) is 5.02 Å². The lowest BCUT2D eigenvalue weighted by Gasteiger charge is -2.35. The predicted molar refractivity (Wildman–Crippen MR) is 131 cm³/mol. The van der Waals surface area contributed by atoms with Crippen molar-refractivity contribution >= 4 is 33.2 Å². The first kappa shape index (κ1) is 23.3. The second-order valence-electron chi connectivity index (χ2n) is 8.31. The number of anilines is 1. The molecule has 1 amide bonds. The SMILES string of the molecule is Cc1ccc(S(=O)(=O)N2CC(C(=O)NCC3COc4ccccc4O3)Oc3ccc(Cl)cc32)cc1. The number of nitrogens with one attached hydrogen (secondary N) is 1. The van der Waals surface area contributed by atoms with E-state index in [1.807, 2.05) is 25.1 Å². The van der Waals surface area contributed by atoms with Crippen LogP contribution in [0.4, 0.5) is 5.69 Å². The van der Waals surface area contributed by atoms with E-state index < -0.39 is 28.1 Å². The number of hydrogen-bond acceptors (Lipinski definition) is 6. The number of hydrogen-bond donors (Lipinski definition) is 1. The Morgan fingerprint density at radius 1 is 1.03 bits per heavy atom. The molecule has 2 aliphatic rings. The smallest absolute Gasteiger partial charge is 0.264 e. The zero-order chi connectivity index (χ0) is 24.6. The topological polar surface area (TPSA) is 94.2 Å². The van der Waals surface area contributed by atoms with Gasteiger partial charge in [-0.2, -0.15) is 0 Å². The van der Waals surface area contributed by atoms with Gasteiger partial charge in [0, 0.05) is 5.02 Å². The summed E-state index contributed by atoms with van der Waals surface area (Å²) in [6, 6.07) is 18.5. The summed E-state index contributed by atoms with van der Waals surface area (Å²) in [5, 5.41) is 3.15. The van der Waals surface area contributed by atoms with E-state index in [-0.39, 0.29) is 36.0 Å². The first-order chi connectivity index (χ1) is 16.8. The molecule has 0 bridgehead atoms. The van der Waals surface area contributed by atoms with Crippen LogP contribution in [0.25, 0.3) is 0 Å². The number of carbonyl (C=O) groups is 1. The Morgan fingerprint density at radius 3 is 2.54 bits per heavy atom. The maximum absolute atomic E-state index is 13.5. The van der Waals surface area contributed by atoms with E-state index in [1.165, 1.54) is 22.5 Å². The summed E-state index contributed by atoms with van der Waals surface area (Å²) in [7, 11) is -3.97. The first-order valence-electron chi connectivity index (χ1n) is 11.0. The lowest BCUT2D eigenvalue weighted by Crippen LogP contribution is -2.52. The van der Waals surface area contributed by atoms with E-state index in [4.69, 9.17) is 25.8 Å². The molecule has 35 heavy (non-hydrogen) atoms. The van der Waals surface area contributed by atoms with Crippen molar-refractivity contribution in [3.8, 4) is 17.2 Å². The van der Waals surface area contributed by atoms with Crippen LogP contribution in [-0.4, -0.2) is 46.2 Å². The number of benzene rings is 3. The number of nitrogens with zero attached hydrogens (tertiary/aromatic N) is 1. The third-order valence-electron chi connectivity index (χ3n) is 5.76. The molecule has 2 atom stereocenters. The molecule has 182 valence electrons.